The van der Waals surface area contributed by atoms with Crippen molar-refractivity contribution in [3.8, 4) is 17.5 Å². The summed E-state index contributed by atoms with van der Waals surface area (Å²) < 4.78 is 1.95. The quantitative estimate of drug-likeness (QED) is 0.740. The Balaban J connectivity index is 1.83. The lowest BCUT2D eigenvalue weighted by molar-refractivity contribution is 0.772. The van der Waals surface area contributed by atoms with E-state index in [2.05, 4.69) is 16.3 Å². The molecule has 1 aromatic heterocycles. The van der Waals surface area contributed by atoms with Crippen molar-refractivity contribution < 1.29 is 0 Å². The molecule has 0 spiro atoms. The van der Waals surface area contributed by atoms with Crippen LogP contribution >= 0.6 is 11.6 Å². The highest BCUT2D eigenvalue weighted by Crippen LogP contribution is 2.23. The molecular weight excluding hydrogens is 322 g/mol. The van der Waals surface area contributed by atoms with Gasteiger partial charge in [-0.25, -0.2) is 0 Å². The van der Waals surface area contributed by atoms with Gasteiger partial charge in [0.2, 0.25) is 0 Å². The van der Waals surface area contributed by atoms with Crippen molar-refractivity contribution in [1.82, 2.24) is 14.8 Å². The van der Waals surface area contributed by atoms with Crippen molar-refractivity contribution in [3.05, 3.63) is 64.4 Å². The Labute approximate surface area is 145 Å². The zero-order valence-electron chi connectivity index (χ0n) is 13.2. The average Bonchev–Trinajstić information content (AvgIpc) is 2.95. The van der Waals surface area contributed by atoms with Crippen LogP contribution in [0.3, 0.4) is 0 Å². The van der Waals surface area contributed by atoms with Crippen LogP contribution < -0.4 is 5.73 Å². The number of nitrogens with zero attached hydrogens (tertiary/aromatic N) is 4. The summed E-state index contributed by atoms with van der Waals surface area (Å²) in [7, 11) is 1.93. The first kappa shape index (κ1) is 16.0. The van der Waals surface area contributed by atoms with E-state index in [4.69, 9.17) is 17.3 Å². The molecule has 0 unspecified atom stereocenters. The van der Waals surface area contributed by atoms with Crippen LogP contribution in [0.2, 0.25) is 5.02 Å². The molecule has 0 aliphatic rings. The van der Waals surface area contributed by atoms with Gasteiger partial charge < -0.3 is 10.3 Å². The van der Waals surface area contributed by atoms with E-state index in [-0.39, 0.29) is 0 Å². The smallest absolute Gasteiger partial charge is 0.163 e. The van der Waals surface area contributed by atoms with Gasteiger partial charge in [0.25, 0.3) is 0 Å². The van der Waals surface area contributed by atoms with Crippen molar-refractivity contribution in [2.24, 2.45) is 7.05 Å². The molecule has 3 aromatic rings. The molecule has 0 saturated carbocycles. The minimum absolute atomic E-state index is 0.600. The van der Waals surface area contributed by atoms with Gasteiger partial charge in [0.1, 0.15) is 5.82 Å². The second-order valence-corrected chi connectivity index (χ2v) is 5.91. The van der Waals surface area contributed by atoms with Crippen molar-refractivity contribution >= 4 is 17.3 Å². The third-order valence-corrected chi connectivity index (χ3v) is 4.33. The van der Waals surface area contributed by atoms with Crippen LogP contribution in [-0.2, 0) is 19.9 Å². The predicted molar refractivity (Wildman–Crippen MR) is 94.4 cm³/mol. The topological polar surface area (TPSA) is 80.5 Å². The molecule has 0 atom stereocenters. The standard InChI is InChI=1S/C18H16ClN5/c1-24-17(10-9-15-13(11-20)3-2-4-16(15)19)22-23-18(24)12-5-7-14(21)8-6-12/h2-8H,9-10,21H2,1H3. The number of benzene rings is 2. The van der Waals surface area contributed by atoms with Crippen molar-refractivity contribution in [2.45, 2.75) is 12.8 Å². The fraction of sp³-hybridized carbons (Fsp3) is 0.167. The molecule has 0 aliphatic carbocycles. The lowest BCUT2D eigenvalue weighted by atomic mass is 10.0. The zero-order valence-corrected chi connectivity index (χ0v) is 14.0. The summed E-state index contributed by atoms with van der Waals surface area (Å²) in [4.78, 5) is 0. The number of hydrogen-bond acceptors (Lipinski definition) is 4. The number of aromatic nitrogens is 3. The van der Waals surface area contributed by atoms with Crippen LogP contribution in [0.4, 0.5) is 5.69 Å². The number of rotatable bonds is 4. The highest BCUT2D eigenvalue weighted by atomic mass is 35.5. The highest BCUT2D eigenvalue weighted by Gasteiger charge is 2.13. The summed E-state index contributed by atoms with van der Waals surface area (Å²) in [5, 5.41) is 18.4. The van der Waals surface area contributed by atoms with Crippen molar-refractivity contribution in [1.29, 1.82) is 5.26 Å². The van der Waals surface area contributed by atoms with E-state index in [1.54, 1.807) is 18.2 Å². The first-order valence-electron chi connectivity index (χ1n) is 7.52. The molecule has 2 aromatic carbocycles. The molecule has 0 amide bonds. The molecule has 0 bridgehead atoms. The Morgan fingerprint density at radius 1 is 1.12 bits per heavy atom. The summed E-state index contributed by atoms with van der Waals surface area (Å²) >= 11 is 6.22. The van der Waals surface area contributed by atoms with Crippen LogP contribution in [0, 0.1) is 11.3 Å². The zero-order chi connectivity index (χ0) is 17.1. The maximum Gasteiger partial charge on any atom is 0.163 e. The Hall–Kier alpha value is -2.84. The third kappa shape index (κ3) is 3.10. The maximum absolute atomic E-state index is 9.22. The molecule has 1 heterocycles. The number of hydrogen-bond donors (Lipinski definition) is 1. The molecular formula is C18H16ClN5. The number of anilines is 1. The van der Waals surface area contributed by atoms with Gasteiger partial charge in [-0.05, 0) is 48.4 Å². The molecule has 24 heavy (non-hydrogen) atoms. The van der Waals surface area contributed by atoms with Crippen LogP contribution in [0.5, 0.6) is 0 Å². The molecule has 0 aliphatic heterocycles. The summed E-state index contributed by atoms with van der Waals surface area (Å²) in [6.45, 7) is 0. The lowest BCUT2D eigenvalue weighted by Crippen LogP contribution is -2.03. The minimum atomic E-state index is 0.600. The van der Waals surface area contributed by atoms with E-state index >= 15 is 0 Å². The van der Waals surface area contributed by atoms with Gasteiger partial charge in [-0.3, -0.25) is 0 Å². The molecule has 5 nitrogen and oxygen atoms in total. The largest absolute Gasteiger partial charge is 0.399 e. The molecule has 120 valence electrons. The van der Waals surface area contributed by atoms with E-state index in [9.17, 15) is 5.26 Å². The highest BCUT2D eigenvalue weighted by molar-refractivity contribution is 6.31. The Morgan fingerprint density at radius 2 is 1.88 bits per heavy atom. The number of nitriles is 1. The van der Waals surface area contributed by atoms with E-state index in [0.29, 0.717) is 29.1 Å². The minimum Gasteiger partial charge on any atom is -0.399 e. The second-order valence-electron chi connectivity index (χ2n) is 5.50. The summed E-state index contributed by atoms with van der Waals surface area (Å²) in [6.07, 6.45) is 1.28. The van der Waals surface area contributed by atoms with E-state index in [1.165, 1.54) is 0 Å². The summed E-state index contributed by atoms with van der Waals surface area (Å²) in [6, 6.07) is 15.1. The first-order valence-corrected chi connectivity index (χ1v) is 7.89. The molecule has 6 heteroatoms. The number of nitrogens with two attached hydrogens (primary N) is 1. The van der Waals surface area contributed by atoms with Crippen LogP contribution in [0.1, 0.15) is 17.0 Å². The fourth-order valence-electron chi connectivity index (χ4n) is 2.62. The monoisotopic (exact) mass is 337 g/mol. The summed E-state index contributed by atoms with van der Waals surface area (Å²) in [5.74, 6) is 1.62. The van der Waals surface area contributed by atoms with Crippen LogP contribution in [-0.4, -0.2) is 14.8 Å². The normalized spacial score (nSPS) is 10.5. The van der Waals surface area contributed by atoms with Gasteiger partial charge in [0.15, 0.2) is 5.82 Å². The number of nitrogen functional groups attached to an aromatic ring is 1. The Morgan fingerprint density at radius 3 is 2.58 bits per heavy atom. The Bertz CT molecular complexity index is 906. The van der Waals surface area contributed by atoms with E-state index < -0.39 is 0 Å². The number of halogens is 1. The second kappa shape index (κ2) is 6.73. The fourth-order valence-corrected chi connectivity index (χ4v) is 2.89. The van der Waals surface area contributed by atoms with Crippen LogP contribution in [0.15, 0.2) is 42.5 Å². The maximum atomic E-state index is 9.22. The van der Waals surface area contributed by atoms with Crippen LogP contribution in [0.25, 0.3) is 11.4 Å². The van der Waals surface area contributed by atoms with Gasteiger partial charge in [-0.1, -0.05) is 17.7 Å². The van der Waals surface area contributed by atoms with Gasteiger partial charge in [-0.15, -0.1) is 10.2 Å². The molecule has 0 saturated heterocycles. The first-order chi connectivity index (χ1) is 11.6. The predicted octanol–water partition coefficient (Wildman–Crippen LogP) is 3.37. The SMILES string of the molecule is Cn1c(CCc2c(Cl)cccc2C#N)nnc1-c1ccc(N)cc1. The number of aryl methyl sites for hydroxylation is 1. The van der Waals surface area contributed by atoms with E-state index in [0.717, 1.165) is 22.8 Å². The lowest BCUT2D eigenvalue weighted by Gasteiger charge is -2.07. The van der Waals surface area contributed by atoms with Gasteiger partial charge in [0, 0.05) is 29.7 Å². The molecule has 2 N–H and O–H groups in total. The molecule has 0 fully saturated rings. The third-order valence-electron chi connectivity index (χ3n) is 3.97. The van der Waals surface area contributed by atoms with Gasteiger partial charge in [0.05, 0.1) is 11.6 Å². The summed E-state index contributed by atoms with van der Waals surface area (Å²) in [5.41, 5.74) is 8.84. The van der Waals surface area contributed by atoms with Gasteiger partial charge in [-0.2, -0.15) is 5.26 Å². The van der Waals surface area contributed by atoms with E-state index in [1.807, 2.05) is 35.9 Å². The molecule has 0 radical (unpaired) electrons. The van der Waals surface area contributed by atoms with Crippen molar-refractivity contribution in [2.75, 3.05) is 5.73 Å². The average molecular weight is 338 g/mol. The van der Waals surface area contributed by atoms with Gasteiger partial charge >= 0.3 is 0 Å². The molecule has 3 rings (SSSR count). The Kier molecular flexibility index (Phi) is 4.50. The van der Waals surface area contributed by atoms with Crippen molar-refractivity contribution in [3.63, 3.8) is 0 Å².